The molecule has 0 bridgehead atoms. The van der Waals surface area contributed by atoms with Crippen molar-refractivity contribution in [3.8, 4) is 0 Å². The van der Waals surface area contributed by atoms with E-state index in [1.54, 1.807) is 11.9 Å². The van der Waals surface area contributed by atoms with Crippen molar-refractivity contribution in [1.82, 2.24) is 15.1 Å². The van der Waals surface area contributed by atoms with Crippen molar-refractivity contribution in [1.29, 1.82) is 0 Å². The normalized spacial score (nSPS) is 15.4. The Morgan fingerprint density at radius 3 is 2.46 bits per heavy atom. The lowest BCUT2D eigenvalue weighted by molar-refractivity contribution is 0.0914. The Morgan fingerprint density at radius 1 is 1.21 bits per heavy atom. The van der Waals surface area contributed by atoms with Gasteiger partial charge in [0.2, 0.25) is 0 Å². The first-order valence-corrected chi connectivity index (χ1v) is 8.48. The van der Waals surface area contributed by atoms with Gasteiger partial charge in [-0.05, 0) is 31.9 Å². The summed E-state index contributed by atoms with van der Waals surface area (Å²) in [5.41, 5.74) is 3.83. The molecule has 2 rings (SSSR count). The van der Waals surface area contributed by atoms with E-state index in [2.05, 4.69) is 47.3 Å². The number of hydrogen-bond acceptors (Lipinski definition) is 3. The van der Waals surface area contributed by atoms with Crippen molar-refractivity contribution >= 4 is 12.1 Å². The first kappa shape index (κ1) is 18.1. The second-order valence-corrected chi connectivity index (χ2v) is 6.00. The summed E-state index contributed by atoms with van der Waals surface area (Å²) in [5.74, 6) is 0.874. The number of ether oxygens (including phenoxy) is 1. The van der Waals surface area contributed by atoms with Crippen LogP contribution in [0.3, 0.4) is 0 Å². The van der Waals surface area contributed by atoms with Crippen molar-refractivity contribution < 1.29 is 9.53 Å². The second-order valence-electron chi connectivity index (χ2n) is 6.00. The van der Waals surface area contributed by atoms with Gasteiger partial charge in [-0.2, -0.15) is 0 Å². The predicted octanol–water partition coefficient (Wildman–Crippen LogP) is 2.15. The lowest BCUT2D eigenvalue weighted by Gasteiger charge is -2.35. The molecule has 1 N–H and O–H groups in total. The highest BCUT2D eigenvalue weighted by Gasteiger charge is 2.23. The van der Waals surface area contributed by atoms with Crippen LogP contribution in [-0.2, 0) is 11.3 Å². The maximum absolute atomic E-state index is 11.8. The largest absolute Gasteiger partial charge is 0.450 e. The Morgan fingerprint density at radius 2 is 1.88 bits per heavy atom. The fraction of sp³-hybridized carbons (Fsp3) is 0.556. The van der Waals surface area contributed by atoms with Crippen LogP contribution in [0.5, 0.6) is 0 Å². The van der Waals surface area contributed by atoms with Crippen LogP contribution in [0, 0.1) is 13.8 Å². The highest BCUT2D eigenvalue weighted by atomic mass is 16.6. The van der Waals surface area contributed by atoms with Gasteiger partial charge in [0.25, 0.3) is 0 Å². The Labute approximate surface area is 144 Å². The van der Waals surface area contributed by atoms with E-state index in [9.17, 15) is 4.79 Å². The van der Waals surface area contributed by atoms with Gasteiger partial charge < -0.3 is 19.9 Å². The van der Waals surface area contributed by atoms with E-state index in [0.717, 1.165) is 25.6 Å². The van der Waals surface area contributed by atoms with Crippen LogP contribution in [0.15, 0.2) is 23.2 Å². The quantitative estimate of drug-likeness (QED) is 0.681. The van der Waals surface area contributed by atoms with Gasteiger partial charge in [-0.25, -0.2) is 4.79 Å². The van der Waals surface area contributed by atoms with Crippen molar-refractivity contribution in [3.63, 3.8) is 0 Å². The van der Waals surface area contributed by atoms with E-state index in [0.29, 0.717) is 19.7 Å². The minimum absolute atomic E-state index is 0.227. The zero-order valence-corrected chi connectivity index (χ0v) is 15.1. The highest BCUT2D eigenvalue weighted by molar-refractivity contribution is 5.80. The molecular formula is C18H28N4O2. The second kappa shape index (κ2) is 8.57. The van der Waals surface area contributed by atoms with Gasteiger partial charge in [0.05, 0.1) is 6.61 Å². The van der Waals surface area contributed by atoms with E-state index < -0.39 is 0 Å². The molecule has 0 aromatic heterocycles. The standard InChI is InChI=1S/C18H28N4O2/c1-5-24-18(23)22-10-8-21(9-11-22)17(19-4)20-13-16-7-6-14(2)12-15(16)3/h6-7,12H,5,8-11,13H2,1-4H3,(H,19,20). The lowest BCUT2D eigenvalue weighted by atomic mass is 10.1. The number of carbonyl (C=O) groups excluding carboxylic acids is 1. The van der Waals surface area contributed by atoms with Crippen molar-refractivity contribution in [2.75, 3.05) is 39.8 Å². The van der Waals surface area contributed by atoms with Gasteiger partial charge in [0.15, 0.2) is 5.96 Å². The number of nitrogens with one attached hydrogen (secondary N) is 1. The van der Waals surface area contributed by atoms with Gasteiger partial charge >= 0.3 is 6.09 Å². The lowest BCUT2D eigenvalue weighted by Crippen LogP contribution is -2.53. The minimum atomic E-state index is -0.227. The summed E-state index contributed by atoms with van der Waals surface area (Å²) in [5, 5.41) is 3.43. The third-order valence-corrected chi connectivity index (χ3v) is 4.25. The van der Waals surface area contributed by atoms with Crippen LogP contribution in [-0.4, -0.2) is 61.7 Å². The van der Waals surface area contributed by atoms with E-state index in [-0.39, 0.29) is 6.09 Å². The number of amides is 1. The number of rotatable bonds is 3. The van der Waals surface area contributed by atoms with Gasteiger partial charge in [0, 0.05) is 39.8 Å². The van der Waals surface area contributed by atoms with Gasteiger partial charge in [-0.15, -0.1) is 0 Å². The first-order chi connectivity index (χ1) is 11.5. The molecule has 1 heterocycles. The van der Waals surface area contributed by atoms with Crippen molar-refractivity contribution in [2.45, 2.75) is 27.3 Å². The number of aryl methyl sites for hydroxylation is 2. The Kier molecular flexibility index (Phi) is 6.46. The average Bonchev–Trinajstić information content (AvgIpc) is 2.58. The highest BCUT2D eigenvalue weighted by Crippen LogP contribution is 2.11. The van der Waals surface area contributed by atoms with Crippen LogP contribution >= 0.6 is 0 Å². The first-order valence-electron chi connectivity index (χ1n) is 8.48. The summed E-state index contributed by atoms with van der Waals surface area (Å²) in [6.45, 7) is 10.0. The summed E-state index contributed by atoms with van der Waals surface area (Å²) in [7, 11) is 1.79. The number of hydrogen-bond donors (Lipinski definition) is 1. The molecule has 1 fully saturated rings. The number of nitrogens with zero attached hydrogens (tertiary/aromatic N) is 3. The molecule has 0 unspecified atom stereocenters. The number of aliphatic imine (C=N–C) groups is 1. The van der Waals surface area contributed by atoms with Gasteiger partial charge in [-0.1, -0.05) is 23.8 Å². The molecular weight excluding hydrogens is 304 g/mol. The predicted molar refractivity (Wildman–Crippen MR) is 96.3 cm³/mol. The molecule has 0 radical (unpaired) electrons. The molecule has 1 aromatic rings. The fourth-order valence-electron chi connectivity index (χ4n) is 2.87. The summed E-state index contributed by atoms with van der Waals surface area (Å²) in [6, 6.07) is 6.48. The third-order valence-electron chi connectivity index (χ3n) is 4.25. The maximum atomic E-state index is 11.8. The van der Waals surface area contributed by atoms with Gasteiger partial charge in [0.1, 0.15) is 0 Å². The molecule has 6 nitrogen and oxygen atoms in total. The van der Waals surface area contributed by atoms with E-state index >= 15 is 0 Å². The third kappa shape index (κ3) is 4.63. The average molecular weight is 332 g/mol. The number of piperazine rings is 1. The number of carbonyl (C=O) groups is 1. The maximum Gasteiger partial charge on any atom is 0.409 e. The molecule has 0 aliphatic carbocycles. The summed E-state index contributed by atoms with van der Waals surface area (Å²) < 4.78 is 5.05. The summed E-state index contributed by atoms with van der Waals surface area (Å²) in [6.07, 6.45) is -0.227. The molecule has 0 spiro atoms. The Bertz CT molecular complexity index is 593. The van der Waals surface area contributed by atoms with Crippen LogP contribution in [0.2, 0.25) is 0 Å². The molecule has 1 saturated heterocycles. The SMILES string of the molecule is CCOC(=O)N1CCN(C(=NC)NCc2ccc(C)cc2C)CC1. The zero-order valence-electron chi connectivity index (χ0n) is 15.1. The molecule has 6 heteroatoms. The van der Waals surface area contributed by atoms with Crippen molar-refractivity contribution in [2.24, 2.45) is 4.99 Å². The molecule has 1 amide bonds. The summed E-state index contributed by atoms with van der Waals surface area (Å²) in [4.78, 5) is 20.1. The molecule has 1 aromatic carbocycles. The zero-order chi connectivity index (χ0) is 17.5. The van der Waals surface area contributed by atoms with Crippen LogP contribution in [0.1, 0.15) is 23.6 Å². The number of benzene rings is 1. The molecule has 24 heavy (non-hydrogen) atoms. The minimum Gasteiger partial charge on any atom is -0.450 e. The monoisotopic (exact) mass is 332 g/mol. The Hall–Kier alpha value is -2.24. The Balaban J connectivity index is 1.88. The van der Waals surface area contributed by atoms with E-state index in [1.165, 1.54) is 16.7 Å². The molecule has 1 aliphatic rings. The van der Waals surface area contributed by atoms with Crippen LogP contribution < -0.4 is 5.32 Å². The fourth-order valence-corrected chi connectivity index (χ4v) is 2.87. The molecule has 1 aliphatic heterocycles. The topological polar surface area (TPSA) is 57.2 Å². The van der Waals surface area contributed by atoms with Crippen molar-refractivity contribution in [3.05, 3.63) is 34.9 Å². The smallest absolute Gasteiger partial charge is 0.409 e. The van der Waals surface area contributed by atoms with Crippen LogP contribution in [0.25, 0.3) is 0 Å². The van der Waals surface area contributed by atoms with E-state index in [4.69, 9.17) is 4.74 Å². The molecule has 0 saturated carbocycles. The summed E-state index contributed by atoms with van der Waals surface area (Å²) >= 11 is 0. The number of guanidine groups is 1. The van der Waals surface area contributed by atoms with Crippen LogP contribution in [0.4, 0.5) is 4.79 Å². The van der Waals surface area contributed by atoms with Gasteiger partial charge in [-0.3, -0.25) is 4.99 Å². The molecule has 0 atom stereocenters. The van der Waals surface area contributed by atoms with E-state index in [1.807, 2.05) is 6.92 Å². The molecule has 132 valence electrons.